The van der Waals surface area contributed by atoms with Crippen LogP contribution in [0.5, 0.6) is 0 Å². The Morgan fingerprint density at radius 2 is 1.96 bits per heavy atom. The molecule has 0 bridgehead atoms. The maximum absolute atomic E-state index is 12.8. The van der Waals surface area contributed by atoms with Crippen molar-refractivity contribution in [2.75, 3.05) is 42.9 Å². The third-order valence-electron chi connectivity index (χ3n) is 4.56. The van der Waals surface area contributed by atoms with Crippen molar-refractivity contribution in [3.63, 3.8) is 0 Å². The normalized spacial score (nSPS) is 15.5. The molecule has 1 amide bonds. The van der Waals surface area contributed by atoms with E-state index in [0.717, 1.165) is 55.1 Å². The van der Waals surface area contributed by atoms with Gasteiger partial charge in [-0.05, 0) is 62.3 Å². The van der Waals surface area contributed by atoms with E-state index in [4.69, 9.17) is 0 Å². The first kappa shape index (κ1) is 18.9. The number of hydrogen-bond donors (Lipinski definition) is 1. The maximum atomic E-state index is 12.8. The van der Waals surface area contributed by atoms with Gasteiger partial charge in [0.15, 0.2) is 0 Å². The zero-order valence-electron chi connectivity index (χ0n) is 15.1. The third kappa shape index (κ3) is 4.83. The Morgan fingerprint density at radius 1 is 1.15 bits per heavy atom. The Balaban J connectivity index is 1.75. The van der Waals surface area contributed by atoms with Crippen molar-refractivity contribution >= 4 is 33.3 Å². The topological polar surface area (TPSA) is 48.5 Å². The van der Waals surface area contributed by atoms with Crippen molar-refractivity contribution in [1.82, 2.24) is 9.88 Å². The molecule has 1 aromatic carbocycles. The number of aromatic nitrogens is 1. The van der Waals surface area contributed by atoms with Crippen LogP contribution in [0.4, 0.5) is 11.5 Å². The summed E-state index contributed by atoms with van der Waals surface area (Å²) in [4.78, 5) is 22.1. The lowest BCUT2D eigenvalue weighted by atomic mass is 10.2. The lowest BCUT2D eigenvalue weighted by molar-refractivity contribution is 0.102. The smallest absolute Gasteiger partial charge is 0.259 e. The lowest BCUT2D eigenvalue weighted by Gasteiger charge is -2.24. The van der Waals surface area contributed by atoms with Gasteiger partial charge in [-0.2, -0.15) is 0 Å². The molecule has 1 saturated heterocycles. The Hall–Kier alpha value is -1.92. The largest absolute Gasteiger partial charge is 0.355 e. The van der Waals surface area contributed by atoms with Crippen LogP contribution >= 0.6 is 15.9 Å². The molecule has 0 unspecified atom stereocenters. The second kappa shape index (κ2) is 9.14. The summed E-state index contributed by atoms with van der Waals surface area (Å²) in [6.07, 6.45) is 4.02. The predicted molar refractivity (Wildman–Crippen MR) is 110 cm³/mol. The average molecular weight is 417 g/mol. The molecule has 138 valence electrons. The fourth-order valence-electron chi connectivity index (χ4n) is 3.28. The highest BCUT2D eigenvalue weighted by Crippen LogP contribution is 2.21. The number of hydrogen-bond acceptors (Lipinski definition) is 4. The van der Waals surface area contributed by atoms with Crippen LogP contribution in [-0.2, 0) is 0 Å². The van der Waals surface area contributed by atoms with E-state index in [0.29, 0.717) is 5.56 Å². The first-order valence-electron chi connectivity index (χ1n) is 9.16. The number of nitrogens with one attached hydrogen (secondary N) is 1. The predicted octanol–water partition coefficient (Wildman–Crippen LogP) is 4.02. The van der Waals surface area contributed by atoms with E-state index in [1.165, 1.54) is 6.42 Å². The van der Waals surface area contributed by atoms with Crippen LogP contribution in [0.1, 0.15) is 30.1 Å². The number of rotatable bonds is 5. The monoisotopic (exact) mass is 416 g/mol. The van der Waals surface area contributed by atoms with Gasteiger partial charge in [-0.15, -0.1) is 0 Å². The van der Waals surface area contributed by atoms with Gasteiger partial charge in [0, 0.05) is 36.0 Å². The Morgan fingerprint density at radius 3 is 2.73 bits per heavy atom. The first-order chi connectivity index (χ1) is 12.7. The van der Waals surface area contributed by atoms with Crippen LogP contribution in [0.15, 0.2) is 47.1 Å². The van der Waals surface area contributed by atoms with Crippen LogP contribution in [0.3, 0.4) is 0 Å². The van der Waals surface area contributed by atoms with Crippen molar-refractivity contribution < 1.29 is 4.79 Å². The number of amides is 1. The zero-order valence-corrected chi connectivity index (χ0v) is 16.7. The van der Waals surface area contributed by atoms with E-state index >= 15 is 0 Å². The molecule has 3 rings (SSSR count). The fraction of sp³-hybridized carbons (Fsp3) is 0.400. The molecule has 0 spiro atoms. The minimum Gasteiger partial charge on any atom is -0.355 e. The van der Waals surface area contributed by atoms with Crippen LogP contribution in [0, 0.1) is 0 Å². The van der Waals surface area contributed by atoms with Gasteiger partial charge < -0.3 is 15.1 Å². The Bertz CT molecular complexity index is 735. The fourth-order valence-corrected chi connectivity index (χ4v) is 3.54. The first-order valence-corrected chi connectivity index (χ1v) is 9.96. The molecule has 0 aliphatic carbocycles. The molecule has 0 radical (unpaired) electrons. The van der Waals surface area contributed by atoms with Crippen LogP contribution < -0.4 is 10.2 Å². The molecule has 5 nitrogen and oxygen atoms in total. The van der Waals surface area contributed by atoms with Gasteiger partial charge in [0.2, 0.25) is 0 Å². The van der Waals surface area contributed by atoms with Gasteiger partial charge in [0.1, 0.15) is 5.82 Å². The zero-order chi connectivity index (χ0) is 18.4. The van der Waals surface area contributed by atoms with E-state index in [9.17, 15) is 4.79 Å². The summed E-state index contributed by atoms with van der Waals surface area (Å²) in [5.41, 5.74) is 1.40. The number of nitrogens with zero attached hydrogens (tertiary/aromatic N) is 3. The SMILES string of the molecule is CCCN1CCCN(c2ncccc2C(=O)Nc2ccc(Br)cc2)CC1. The number of carbonyl (C=O) groups is 1. The van der Waals surface area contributed by atoms with Crippen molar-refractivity contribution in [2.24, 2.45) is 0 Å². The molecule has 1 aliphatic rings. The summed E-state index contributed by atoms with van der Waals surface area (Å²) >= 11 is 3.41. The minimum absolute atomic E-state index is 0.120. The molecule has 1 fully saturated rings. The second-order valence-corrected chi connectivity index (χ2v) is 7.43. The van der Waals surface area contributed by atoms with Crippen molar-refractivity contribution in [2.45, 2.75) is 19.8 Å². The number of carbonyl (C=O) groups excluding carboxylic acids is 1. The molecular formula is C20H25BrN4O. The van der Waals surface area contributed by atoms with Gasteiger partial charge in [0.05, 0.1) is 5.56 Å². The van der Waals surface area contributed by atoms with Gasteiger partial charge >= 0.3 is 0 Å². The molecule has 2 aromatic rings. The van der Waals surface area contributed by atoms with Gasteiger partial charge in [-0.25, -0.2) is 4.98 Å². The molecular weight excluding hydrogens is 392 g/mol. The summed E-state index contributed by atoms with van der Waals surface area (Å²) in [7, 11) is 0. The van der Waals surface area contributed by atoms with Crippen LogP contribution in [-0.4, -0.2) is 48.5 Å². The van der Waals surface area contributed by atoms with E-state index in [-0.39, 0.29) is 5.91 Å². The van der Waals surface area contributed by atoms with Crippen LogP contribution in [0.25, 0.3) is 0 Å². The van der Waals surface area contributed by atoms with Gasteiger partial charge in [-0.1, -0.05) is 22.9 Å². The van der Waals surface area contributed by atoms with Crippen molar-refractivity contribution in [3.8, 4) is 0 Å². The third-order valence-corrected chi connectivity index (χ3v) is 5.09. The summed E-state index contributed by atoms with van der Waals surface area (Å²) in [6, 6.07) is 11.3. The summed E-state index contributed by atoms with van der Waals surface area (Å²) in [6.45, 7) is 7.29. The number of anilines is 2. The second-order valence-electron chi connectivity index (χ2n) is 6.52. The molecule has 26 heavy (non-hydrogen) atoms. The maximum Gasteiger partial charge on any atom is 0.259 e. The van der Waals surface area contributed by atoms with Gasteiger partial charge in [-0.3, -0.25) is 4.79 Å². The molecule has 2 heterocycles. The van der Waals surface area contributed by atoms with E-state index in [1.54, 1.807) is 6.20 Å². The van der Waals surface area contributed by atoms with E-state index in [1.807, 2.05) is 36.4 Å². The van der Waals surface area contributed by atoms with E-state index in [2.05, 4.69) is 43.0 Å². The molecule has 1 aliphatic heterocycles. The van der Waals surface area contributed by atoms with Crippen molar-refractivity contribution in [1.29, 1.82) is 0 Å². The summed E-state index contributed by atoms with van der Waals surface area (Å²) in [5, 5.41) is 2.97. The molecule has 0 saturated carbocycles. The number of pyridine rings is 1. The highest BCUT2D eigenvalue weighted by molar-refractivity contribution is 9.10. The minimum atomic E-state index is -0.120. The Labute approximate surface area is 163 Å². The standard InChI is InChI=1S/C20H25BrN4O/c1-2-11-24-12-4-13-25(15-14-24)19-18(5-3-10-22-19)20(26)23-17-8-6-16(21)7-9-17/h3,5-10H,2,4,11-15H2,1H3,(H,23,26). The highest BCUT2D eigenvalue weighted by atomic mass is 79.9. The van der Waals surface area contributed by atoms with Gasteiger partial charge in [0.25, 0.3) is 5.91 Å². The highest BCUT2D eigenvalue weighted by Gasteiger charge is 2.21. The number of halogens is 1. The molecule has 1 aromatic heterocycles. The average Bonchev–Trinajstić information content (AvgIpc) is 2.89. The molecule has 1 N–H and O–H groups in total. The molecule has 6 heteroatoms. The molecule has 0 atom stereocenters. The summed E-state index contributed by atoms with van der Waals surface area (Å²) < 4.78 is 0.985. The van der Waals surface area contributed by atoms with E-state index < -0.39 is 0 Å². The van der Waals surface area contributed by atoms with Crippen LogP contribution in [0.2, 0.25) is 0 Å². The van der Waals surface area contributed by atoms with Crippen molar-refractivity contribution in [3.05, 3.63) is 52.6 Å². The number of benzene rings is 1. The Kier molecular flexibility index (Phi) is 6.63. The lowest BCUT2D eigenvalue weighted by Crippen LogP contribution is -2.32. The summed E-state index contributed by atoms with van der Waals surface area (Å²) in [5.74, 6) is 0.658. The quantitative estimate of drug-likeness (QED) is 0.799.